The van der Waals surface area contributed by atoms with E-state index in [1.54, 1.807) is 30.0 Å². The zero-order valence-corrected chi connectivity index (χ0v) is 17.1. The quantitative estimate of drug-likeness (QED) is 0.809. The predicted molar refractivity (Wildman–Crippen MR) is 112 cm³/mol. The van der Waals surface area contributed by atoms with Crippen LogP contribution in [0.3, 0.4) is 0 Å². The fraction of sp³-hybridized carbons (Fsp3) is 0.364. The first kappa shape index (κ1) is 20.5. The summed E-state index contributed by atoms with van der Waals surface area (Å²) < 4.78 is 10.6. The number of carbonyl (C=O) groups is 2. The third kappa shape index (κ3) is 4.62. The molecule has 1 heterocycles. The zero-order chi connectivity index (χ0) is 20.8. The van der Waals surface area contributed by atoms with Gasteiger partial charge in [-0.05, 0) is 31.2 Å². The lowest BCUT2D eigenvalue weighted by atomic mass is 10.1. The van der Waals surface area contributed by atoms with Gasteiger partial charge >= 0.3 is 0 Å². The van der Waals surface area contributed by atoms with E-state index in [2.05, 4.69) is 22.3 Å². The third-order valence-corrected chi connectivity index (χ3v) is 5.09. The third-order valence-electron chi connectivity index (χ3n) is 5.09. The van der Waals surface area contributed by atoms with E-state index in [0.29, 0.717) is 24.6 Å². The minimum atomic E-state index is -0.652. The van der Waals surface area contributed by atoms with Crippen LogP contribution in [0.5, 0.6) is 11.5 Å². The first-order valence-corrected chi connectivity index (χ1v) is 9.65. The van der Waals surface area contributed by atoms with Gasteiger partial charge in [-0.25, -0.2) is 0 Å². The van der Waals surface area contributed by atoms with E-state index >= 15 is 0 Å². The normalized spacial score (nSPS) is 14.9. The van der Waals surface area contributed by atoms with Gasteiger partial charge in [0.1, 0.15) is 23.1 Å². The fourth-order valence-electron chi connectivity index (χ4n) is 3.50. The number of hydrogen-bond donors (Lipinski definition) is 1. The molecule has 154 valence electrons. The summed E-state index contributed by atoms with van der Waals surface area (Å²) in [7, 11) is 2.98. The van der Waals surface area contributed by atoms with Gasteiger partial charge in [0.2, 0.25) is 5.91 Å². The second-order valence-corrected chi connectivity index (χ2v) is 6.88. The highest BCUT2D eigenvalue weighted by Crippen LogP contribution is 2.28. The maximum Gasteiger partial charge on any atom is 0.259 e. The molecular formula is C22H27N3O4. The van der Waals surface area contributed by atoms with Gasteiger partial charge in [0, 0.05) is 31.9 Å². The van der Waals surface area contributed by atoms with Crippen molar-refractivity contribution < 1.29 is 19.1 Å². The minimum Gasteiger partial charge on any atom is -0.496 e. The van der Waals surface area contributed by atoms with Crippen LogP contribution in [0.4, 0.5) is 5.69 Å². The summed E-state index contributed by atoms with van der Waals surface area (Å²) in [6, 6.07) is 14.6. The van der Waals surface area contributed by atoms with Crippen LogP contribution in [0.25, 0.3) is 0 Å². The summed E-state index contributed by atoms with van der Waals surface area (Å²) in [6.45, 7) is 4.46. The lowest BCUT2D eigenvalue weighted by Crippen LogP contribution is -2.54. The summed E-state index contributed by atoms with van der Waals surface area (Å²) in [5.41, 5.74) is 1.44. The molecule has 0 aromatic heterocycles. The summed E-state index contributed by atoms with van der Waals surface area (Å²) in [6.07, 6.45) is 0. The molecule has 7 nitrogen and oxygen atoms in total. The lowest BCUT2D eigenvalue weighted by molar-refractivity contribution is -0.133. The molecule has 0 bridgehead atoms. The van der Waals surface area contributed by atoms with E-state index < -0.39 is 11.9 Å². The smallest absolute Gasteiger partial charge is 0.259 e. The molecule has 1 aliphatic heterocycles. The lowest BCUT2D eigenvalue weighted by Gasteiger charge is -2.37. The number of methoxy groups -OCH3 is 2. The number of nitrogens with zero attached hydrogens (tertiary/aromatic N) is 2. The molecule has 1 aliphatic rings. The Bertz CT molecular complexity index is 826. The van der Waals surface area contributed by atoms with E-state index in [0.717, 1.165) is 18.8 Å². The SMILES string of the molecule is COc1cccc(OC)c1C(=O)N[C@H](C)C(=O)N1CCN(c2ccccc2)CC1. The van der Waals surface area contributed by atoms with Gasteiger partial charge < -0.3 is 24.6 Å². The van der Waals surface area contributed by atoms with Crippen molar-refractivity contribution in [1.29, 1.82) is 0 Å². The molecule has 1 saturated heterocycles. The second-order valence-electron chi connectivity index (χ2n) is 6.88. The summed E-state index contributed by atoms with van der Waals surface area (Å²) in [5, 5.41) is 2.78. The van der Waals surface area contributed by atoms with Crippen LogP contribution in [0, 0.1) is 0 Å². The molecular weight excluding hydrogens is 370 g/mol. The number of piperazine rings is 1. The Balaban J connectivity index is 1.61. The van der Waals surface area contributed by atoms with Crippen molar-refractivity contribution in [2.24, 2.45) is 0 Å². The first-order chi connectivity index (χ1) is 14.0. The number of benzene rings is 2. The Morgan fingerprint density at radius 2 is 1.48 bits per heavy atom. The summed E-state index contributed by atoms with van der Waals surface area (Å²) in [5.74, 6) is 0.305. The molecule has 1 fully saturated rings. The van der Waals surface area contributed by atoms with Crippen LogP contribution in [-0.2, 0) is 4.79 Å². The van der Waals surface area contributed by atoms with Crippen molar-refractivity contribution in [3.63, 3.8) is 0 Å². The van der Waals surface area contributed by atoms with Gasteiger partial charge in [0.15, 0.2) is 0 Å². The topological polar surface area (TPSA) is 71.1 Å². The van der Waals surface area contributed by atoms with Crippen molar-refractivity contribution >= 4 is 17.5 Å². The molecule has 0 spiro atoms. The van der Waals surface area contributed by atoms with Crippen molar-refractivity contribution in [3.8, 4) is 11.5 Å². The van der Waals surface area contributed by atoms with Crippen molar-refractivity contribution in [2.45, 2.75) is 13.0 Å². The van der Waals surface area contributed by atoms with Gasteiger partial charge in [0.25, 0.3) is 5.91 Å². The van der Waals surface area contributed by atoms with E-state index in [1.807, 2.05) is 18.2 Å². The number of para-hydroxylation sites is 1. The number of hydrogen-bond acceptors (Lipinski definition) is 5. The zero-order valence-electron chi connectivity index (χ0n) is 17.1. The fourth-order valence-corrected chi connectivity index (χ4v) is 3.50. The Labute approximate surface area is 171 Å². The number of rotatable bonds is 6. The Morgan fingerprint density at radius 1 is 0.897 bits per heavy atom. The molecule has 3 rings (SSSR count). The highest BCUT2D eigenvalue weighted by Gasteiger charge is 2.28. The standard InChI is InChI=1S/C22H27N3O4/c1-16(23-21(26)20-18(28-2)10-7-11-19(20)29-3)22(27)25-14-12-24(13-15-25)17-8-5-4-6-9-17/h4-11,16H,12-15H2,1-3H3,(H,23,26)/t16-/m1/s1. The molecule has 2 amide bonds. The molecule has 1 N–H and O–H groups in total. The van der Waals surface area contributed by atoms with Crippen LogP contribution in [0.15, 0.2) is 48.5 Å². The maximum absolute atomic E-state index is 12.8. The van der Waals surface area contributed by atoms with Crippen molar-refractivity contribution in [1.82, 2.24) is 10.2 Å². The van der Waals surface area contributed by atoms with Crippen LogP contribution >= 0.6 is 0 Å². The number of carbonyl (C=O) groups excluding carboxylic acids is 2. The molecule has 2 aromatic rings. The first-order valence-electron chi connectivity index (χ1n) is 9.65. The van der Waals surface area contributed by atoms with Crippen molar-refractivity contribution in [2.75, 3.05) is 45.3 Å². The molecule has 0 saturated carbocycles. The van der Waals surface area contributed by atoms with Crippen LogP contribution < -0.4 is 19.7 Å². The predicted octanol–water partition coefficient (Wildman–Crippen LogP) is 2.17. The maximum atomic E-state index is 12.8. The van der Waals surface area contributed by atoms with Gasteiger partial charge in [-0.1, -0.05) is 24.3 Å². The van der Waals surface area contributed by atoms with E-state index in [1.165, 1.54) is 14.2 Å². The van der Waals surface area contributed by atoms with E-state index in [4.69, 9.17) is 9.47 Å². The highest BCUT2D eigenvalue weighted by atomic mass is 16.5. The largest absolute Gasteiger partial charge is 0.496 e. The highest BCUT2D eigenvalue weighted by molar-refractivity contribution is 6.01. The number of anilines is 1. The Hall–Kier alpha value is -3.22. The Kier molecular flexibility index (Phi) is 6.59. The number of nitrogens with one attached hydrogen (secondary N) is 1. The molecule has 29 heavy (non-hydrogen) atoms. The van der Waals surface area contributed by atoms with Gasteiger partial charge in [0.05, 0.1) is 14.2 Å². The average Bonchev–Trinajstić information content (AvgIpc) is 2.78. The van der Waals surface area contributed by atoms with E-state index in [9.17, 15) is 9.59 Å². The van der Waals surface area contributed by atoms with Crippen LogP contribution in [0.1, 0.15) is 17.3 Å². The molecule has 0 aliphatic carbocycles. The number of ether oxygens (including phenoxy) is 2. The van der Waals surface area contributed by atoms with Crippen molar-refractivity contribution in [3.05, 3.63) is 54.1 Å². The van der Waals surface area contributed by atoms with E-state index in [-0.39, 0.29) is 11.5 Å². The molecule has 0 radical (unpaired) electrons. The number of amides is 2. The van der Waals surface area contributed by atoms with Gasteiger partial charge in [-0.2, -0.15) is 0 Å². The molecule has 1 atom stereocenters. The monoisotopic (exact) mass is 397 g/mol. The molecule has 0 unspecified atom stereocenters. The average molecular weight is 397 g/mol. The Morgan fingerprint density at radius 3 is 2.03 bits per heavy atom. The van der Waals surface area contributed by atoms with Crippen LogP contribution in [0.2, 0.25) is 0 Å². The summed E-state index contributed by atoms with van der Waals surface area (Å²) in [4.78, 5) is 29.7. The minimum absolute atomic E-state index is 0.0973. The second kappa shape index (κ2) is 9.32. The van der Waals surface area contributed by atoms with Gasteiger partial charge in [-0.3, -0.25) is 9.59 Å². The van der Waals surface area contributed by atoms with Crippen LogP contribution in [-0.4, -0.2) is 63.2 Å². The molecule has 7 heteroatoms. The van der Waals surface area contributed by atoms with Gasteiger partial charge in [-0.15, -0.1) is 0 Å². The summed E-state index contributed by atoms with van der Waals surface area (Å²) >= 11 is 0. The molecule has 2 aromatic carbocycles.